The lowest BCUT2D eigenvalue weighted by Gasteiger charge is -2.35. The number of aliphatic carboxylic acids is 1. The summed E-state index contributed by atoms with van der Waals surface area (Å²) in [5, 5.41) is 9.14. The molecule has 1 N–H and O–H groups in total. The fraction of sp³-hybridized carbons (Fsp3) is 0.833. The Labute approximate surface area is 101 Å². The predicted molar refractivity (Wildman–Crippen MR) is 60.5 cm³/mol. The molecule has 5 heteroatoms. The van der Waals surface area contributed by atoms with E-state index >= 15 is 0 Å². The number of carbonyl (C=O) groups is 2. The Hall–Kier alpha value is -1.10. The summed E-state index contributed by atoms with van der Waals surface area (Å²) in [7, 11) is 0. The number of piperidine rings is 1. The normalized spacial score (nSPS) is 33.7. The molecule has 96 valence electrons. The molecule has 0 aromatic heterocycles. The van der Waals surface area contributed by atoms with Crippen molar-refractivity contribution in [2.45, 2.75) is 44.8 Å². The van der Waals surface area contributed by atoms with Gasteiger partial charge in [-0.15, -0.1) is 0 Å². The Kier molecular flexibility index (Phi) is 3.66. The van der Waals surface area contributed by atoms with Crippen LogP contribution in [0, 0.1) is 5.92 Å². The molecule has 2 rings (SSSR count). The molecule has 2 heterocycles. The standard InChI is InChI=1S/C12H19NO4/c1-8-9(5-7-17-8)11(14)13-6-3-2-4-10(13)12(15)16/h8-10H,2-7H2,1H3,(H,15,16)/t8?,9?,10-/m1/s1. The first-order chi connectivity index (χ1) is 8.11. The fourth-order valence-corrected chi connectivity index (χ4v) is 2.72. The zero-order valence-corrected chi connectivity index (χ0v) is 10.1. The van der Waals surface area contributed by atoms with Gasteiger partial charge in [0.25, 0.3) is 0 Å². The summed E-state index contributed by atoms with van der Waals surface area (Å²) in [6, 6.07) is -0.635. The van der Waals surface area contributed by atoms with E-state index in [4.69, 9.17) is 9.84 Å². The van der Waals surface area contributed by atoms with E-state index in [0.717, 1.165) is 12.8 Å². The van der Waals surface area contributed by atoms with Crippen LogP contribution in [0.2, 0.25) is 0 Å². The first-order valence-electron chi connectivity index (χ1n) is 6.26. The first kappa shape index (κ1) is 12.4. The average molecular weight is 241 g/mol. The molecular formula is C12H19NO4. The van der Waals surface area contributed by atoms with E-state index in [-0.39, 0.29) is 17.9 Å². The van der Waals surface area contributed by atoms with Crippen LogP contribution in [0.1, 0.15) is 32.6 Å². The average Bonchev–Trinajstić information content (AvgIpc) is 2.74. The zero-order chi connectivity index (χ0) is 12.4. The number of nitrogens with zero attached hydrogens (tertiary/aromatic N) is 1. The van der Waals surface area contributed by atoms with E-state index in [1.807, 2.05) is 6.92 Å². The van der Waals surface area contributed by atoms with E-state index in [1.165, 1.54) is 0 Å². The highest BCUT2D eigenvalue weighted by Gasteiger charge is 2.39. The maximum atomic E-state index is 12.3. The zero-order valence-electron chi connectivity index (χ0n) is 10.1. The molecular weight excluding hydrogens is 222 g/mol. The van der Waals surface area contributed by atoms with Crippen molar-refractivity contribution < 1.29 is 19.4 Å². The van der Waals surface area contributed by atoms with Gasteiger partial charge in [-0.2, -0.15) is 0 Å². The SMILES string of the molecule is CC1OCCC1C(=O)N1CCCC[C@@H]1C(=O)O. The Morgan fingerprint density at radius 1 is 1.29 bits per heavy atom. The van der Waals surface area contributed by atoms with Gasteiger partial charge in [-0.05, 0) is 32.6 Å². The molecule has 0 aromatic carbocycles. The lowest BCUT2D eigenvalue weighted by molar-refractivity contribution is -0.154. The summed E-state index contributed by atoms with van der Waals surface area (Å²) in [6.07, 6.45) is 2.99. The summed E-state index contributed by atoms with van der Waals surface area (Å²) in [5.41, 5.74) is 0. The van der Waals surface area contributed by atoms with Crippen molar-refractivity contribution in [3.8, 4) is 0 Å². The number of hydrogen-bond donors (Lipinski definition) is 1. The van der Waals surface area contributed by atoms with Crippen molar-refractivity contribution in [1.82, 2.24) is 4.90 Å². The third-order valence-electron chi connectivity index (χ3n) is 3.76. The van der Waals surface area contributed by atoms with Gasteiger partial charge >= 0.3 is 5.97 Å². The molecule has 2 unspecified atom stereocenters. The van der Waals surface area contributed by atoms with Crippen molar-refractivity contribution in [1.29, 1.82) is 0 Å². The molecule has 0 bridgehead atoms. The minimum absolute atomic E-state index is 0.0397. The minimum atomic E-state index is -0.885. The van der Waals surface area contributed by atoms with Gasteiger partial charge in [0.1, 0.15) is 6.04 Å². The highest BCUT2D eigenvalue weighted by atomic mass is 16.5. The summed E-state index contributed by atoms with van der Waals surface area (Å²) in [5.74, 6) is -1.08. The van der Waals surface area contributed by atoms with E-state index < -0.39 is 12.0 Å². The van der Waals surface area contributed by atoms with Gasteiger partial charge in [-0.3, -0.25) is 4.79 Å². The van der Waals surface area contributed by atoms with E-state index in [1.54, 1.807) is 4.90 Å². The first-order valence-corrected chi connectivity index (χ1v) is 6.26. The quantitative estimate of drug-likeness (QED) is 0.779. The molecule has 2 aliphatic heterocycles. The molecule has 0 radical (unpaired) electrons. The van der Waals surface area contributed by atoms with E-state index in [2.05, 4.69) is 0 Å². The fourth-order valence-electron chi connectivity index (χ4n) is 2.72. The number of likely N-dealkylation sites (tertiary alicyclic amines) is 1. The predicted octanol–water partition coefficient (Wildman–Crippen LogP) is 0.877. The third-order valence-corrected chi connectivity index (χ3v) is 3.76. The molecule has 1 amide bonds. The van der Waals surface area contributed by atoms with Crippen LogP contribution in [0.4, 0.5) is 0 Å². The molecule has 3 atom stereocenters. The number of ether oxygens (including phenoxy) is 1. The van der Waals surface area contributed by atoms with Gasteiger partial charge in [0.05, 0.1) is 12.0 Å². The van der Waals surface area contributed by atoms with Crippen molar-refractivity contribution in [3.05, 3.63) is 0 Å². The molecule has 0 aliphatic carbocycles. The second-order valence-electron chi connectivity index (χ2n) is 4.85. The highest BCUT2D eigenvalue weighted by Crippen LogP contribution is 2.26. The van der Waals surface area contributed by atoms with Crippen molar-refractivity contribution >= 4 is 11.9 Å². The number of carboxylic acids is 1. The smallest absolute Gasteiger partial charge is 0.326 e. The van der Waals surface area contributed by atoms with Crippen molar-refractivity contribution in [2.24, 2.45) is 5.92 Å². The number of hydrogen-bond acceptors (Lipinski definition) is 3. The lowest BCUT2D eigenvalue weighted by Crippen LogP contribution is -2.51. The lowest BCUT2D eigenvalue weighted by atomic mass is 9.96. The Bertz CT molecular complexity index is 318. The van der Waals surface area contributed by atoms with Gasteiger partial charge in [-0.1, -0.05) is 0 Å². The van der Waals surface area contributed by atoms with Gasteiger partial charge in [0.15, 0.2) is 0 Å². The highest BCUT2D eigenvalue weighted by molar-refractivity contribution is 5.85. The molecule has 2 fully saturated rings. The van der Waals surface area contributed by atoms with Crippen molar-refractivity contribution in [2.75, 3.05) is 13.2 Å². The molecule has 0 saturated carbocycles. The van der Waals surface area contributed by atoms with Crippen LogP contribution in [-0.4, -0.2) is 47.2 Å². The Morgan fingerprint density at radius 3 is 2.65 bits per heavy atom. The second kappa shape index (κ2) is 5.04. The molecule has 0 spiro atoms. The maximum Gasteiger partial charge on any atom is 0.326 e. The van der Waals surface area contributed by atoms with Crippen molar-refractivity contribution in [3.63, 3.8) is 0 Å². The topological polar surface area (TPSA) is 66.8 Å². The second-order valence-corrected chi connectivity index (χ2v) is 4.85. The summed E-state index contributed by atoms with van der Waals surface area (Å²) >= 11 is 0. The van der Waals surface area contributed by atoms with Crippen LogP contribution in [0.3, 0.4) is 0 Å². The van der Waals surface area contributed by atoms with Crippen LogP contribution in [0.5, 0.6) is 0 Å². The molecule has 0 aromatic rings. The van der Waals surface area contributed by atoms with Crippen LogP contribution >= 0.6 is 0 Å². The largest absolute Gasteiger partial charge is 0.480 e. The van der Waals surface area contributed by atoms with Crippen LogP contribution in [0.25, 0.3) is 0 Å². The third kappa shape index (κ3) is 2.44. The summed E-state index contributed by atoms with van der Waals surface area (Å²) in [4.78, 5) is 25.0. The Morgan fingerprint density at radius 2 is 2.06 bits per heavy atom. The Balaban J connectivity index is 2.08. The summed E-state index contributed by atoms with van der Waals surface area (Å²) < 4.78 is 5.38. The van der Waals surface area contributed by atoms with Gasteiger partial charge in [-0.25, -0.2) is 4.79 Å². The number of amides is 1. The van der Waals surface area contributed by atoms with Gasteiger partial charge in [0.2, 0.25) is 5.91 Å². The number of carbonyl (C=O) groups excluding carboxylic acids is 1. The monoisotopic (exact) mass is 241 g/mol. The van der Waals surface area contributed by atoms with E-state index in [9.17, 15) is 9.59 Å². The number of carboxylic acid groups (broad SMARTS) is 1. The van der Waals surface area contributed by atoms with Gasteiger partial charge in [0, 0.05) is 13.2 Å². The molecule has 2 aliphatic rings. The molecule has 17 heavy (non-hydrogen) atoms. The minimum Gasteiger partial charge on any atom is -0.480 e. The van der Waals surface area contributed by atoms with Crippen LogP contribution in [-0.2, 0) is 14.3 Å². The summed E-state index contributed by atoms with van der Waals surface area (Å²) in [6.45, 7) is 3.05. The van der Waals surface area contributed by atoms with Crippen LogP contribution in [0.15, 0.2) is 0 Å². The van der Waals surface area contributed by atoms with Gasteiger partial charge < -0.3 is 14.7 Å². The maximum absolute atomic E-state index is 12.3. The van der Waals surface area contributed by atoms with Crippen LogP contribution < -0.4 is 0 Å². The molecule has 2 saturated heterocycles. The molecule has 5 nitrogen and oxygen atoms in total. The number of rotatable bonds is 2. The van der Waals surface area contributed by atoms with E-state index in [0.29, 0.717) is 26.0 Å².